The molecule has 0 aliphatic carbocycles. The third kappa shape index (κ3) is 3.76. The Kier molecular flexibility index (Phi) is 4.86. The Labute approximate surface area is 113 Å². The lowest BCUT2D eigenvalue weighted by molar-refractivity contribution is 0.0948. The van der Waals surface area contributed by atoms with Crippen molar-refractivity contribution in [2.45, 2.75) is 19.3 Å². The molecule has 2 rings (SSSR count). The molecule has 1 aromatic carbocycles. The molecule has 0 spiro atoms. The number of carbonyl (C=O) groups excluding carboxylic acids is 1. The number of para-hydroxylation sites is 1. The molecule has 0 fully saturated rings. The van der Waals surface area contributed by atoms with Gasteiger partial charge in [0, 0.05) is 11.9 Å². The molecular formula is C15H19N3O. The summed E-state index contributed by atoms with van der Waals surface area (Å²) in [7, 11) is 0. The Hall–Kier alpha value is -1.94. The van der Waals surface area contributed by atoms with E-state index in [2.05, 4.69) is 10.3 Å². The fraction of sp³-hybridized carbons (Fsp3) is 0.333. The molecule has 0 radical (unpaired) electrons. The van der Waals surface area contributed by atoms with Gasteiger partial charge >= 0.3 is 0 Å². The van der Waals surface area contributed by atoms with Crippen LogP contribution in [0.15, 0.2) is 36.4 Å². The Balaban J connectivity index is 1.93. The molecule has 0 unspecified atom stereocenters. The van der Waals surface area contributed by atoms with Gasteiger partial charge in [-0.3, -0.25) is 4.79 Å². The number of benzene rings is 1. The maximum absolute atomic E-state index is 11.9. The van der Waals surface area contributed by atoms with Crippen LogP contribution in [0, 0.1) is 0 Å². The van der Waals surface area contributed by atoms with E-state index in [0.29, 0.717) is 18.8 Å². The van der Waals surface area contributed by atoms with E-state index in [4.69, 9.17) is 5.73 Å². The number of unbranched alkanes of at least 4 members (excludes halogenated alkanes) is 2. The highest BCUT2D eigenvalue weighted by molar-refractivity contribution is 5.94. The van der Waals surface area contributed by atoms with Gasteiger partial charge < -0.3 is 11.1 Å². The van der Waals surface area contributed by atoms with E-state index in [0.717, 1.165) is 30.2 Å². The largest absolute Gasteiger partial charge is 0.351 e. The predicted octanol–water partition coefficient (Wildman–Crippen LogP) is 2.09. The highest BCUT2D eigenvalue weighted by atomic mass is 16.1. The average Bonchev–Trinajstić information content (AvgIpc) is 2.46. The number of nitrogens with one attached hydrogen (secondary N) is 1. The number of nitrogens with two attached hydrogens (primary N) is 1. The lowest BCUT2D eigenvalue weighted by Crippen LogP contribution is -2.25. The zero-order chi connectivity index (χ0) is 13.5. The number of carbonyl (C=O) groups is 1. The topological polar surface area (TPSA) is 68.0 Å². The lowest BCUT2D eigenvalue weighted by Gasteiger charge is -2.05. The van der Waals surface area contributed by atoms with Crippen molar-refractivity contribution in [3.8, 4) is 0 Å². The molecule has 0 saturated heterocycles. The van der Waals surface area contributed by atoms with Gasteiger partial charge in [-0.15, -0.1) is 0 Å². The molecule has 0 aliphatic heterocycles. The summed E-state index contributed by atoms with van der Waals surface area (Å²) in [4.78, 5) is 16.3. The first kappa shape index (κ1) is 13.5. The second kappa shape index (κ2) is 6.85. The van der Waals surface area contributed by atoms with E-state index in [-0.39, 0.29) is 5.91 Å². The first-order valence-corrected chi connectivity index (χ1v) is 6.65. The SMILES string of the molecule is NCCCCCNC(=O)c1ccc2ccccc2n1. The summed E-state index contributed by atoms with van der Waals surface area (Å²) in [6.45, 7) is 1.38. The molecule has 0 saturated carbocycles. The van der Waals surface area contributed by atoms with Crippen molar-refractivity contribution in [2.24, 2.45) is 5.73 Å². The first-order chi connectivity index (χ1) is 9.31. The van der Waals surface area contributed by atoms with Crippen LogP contribution in [-0.2, 0) is 0 Å². The fourth-order valence-corrected chi connectivity index (χ4v) is 1.93. The van der Waals surface area contributed by atoms with E-state index in [1.165, 1.54) is 0 Å². The van der Waals surface area contributed by atoms with Crippen LogP contribution in [0.25, 0.3) is 10.9 Å². The number of aromatic nitrogens is 1. The van der Waals surface area contributed by atoms with Gasteiger partial charge in [-0.25, -0.2) is 4.98 Å². The van der Waals surface area contributed by atoms with Crippen molar-refractivity contribution in [1.29, 1.82) is 0 Å². The normalized spacial score (nSPS) is 10.6. The van der Waals surface area contributed by atoms with E-state index < -0.39 is 0 Å². The summed E-state index contributed by atoms with van der Waals surface area (Å²) in [5.41, 5.74) is 6.73. The monoisotopic (exact) mass is 257 g/mol. The summed E-state index contributed by atoms with van der Waals surface area (Å²) in [6.07, 6.45) is 3.00. The Morgan fingerprint density at radius 1 is 1.11 bits per heavy atom. The maximum Gasteiger partial charge on any atom is 0.269 e. The molecule has 4 nitrogen and oxygen atoms in total. The molecule has 1 heterocycles. The van der Waals surface area contributed by atoms with Gasteiger partial charge in [-0.05, 0) is 31.5 Å². The number of hydrogen-bond acceptors (Lipinski definition) is 3. The summed E-state index contributed by atoms with van der Waals surface area (Å²) in [5.74, 6) is -0.112. The number of fused-ring (bicyclic) bond motifs is 1. The van der Waals surface area contributed by atoms with E-state index >= 15 is 0 Å². The molecule has 1 amide bonds. The maximum atomic E-state index is 11.9. The minimum absolute atomic E-state index is 0.112. The first-order valence-electron chi connectivity index (χ1n) is 6.65. The minimum atomic E-state index is -0.112. The molecule has 0 atom stereocenters. The van der Waals surface area contributed by atoms with Crippen molar-refractivity contribution in [3.05, 3.63) is 42.1 Å². The van der Waals surface area contributed by atoms with Gasteiger partial charge in [0.2, 0.25) is 0 Å². The van der Waals surface area contributed by atoms with Gasteiger partial charge in [0.1, 0.15) is 5.69 Å². The smallest absolute Gasteiger partial charge is 0.269 e. The standard InChI is InChI=1S/C15H19N3O/c16-10-4-1-5-11-17-15(19)14-9-8-12-6-2-3-7-13(12)18-14/h2-3,6-9H,1,4-5,10-11,16H2,(H,17,19). The highest BCUT2D eigenvalue weighted by Gasteiger charge is 2.06. The molecule has 1 aromatic heterocycles. The van der Waals surface area contributed by atoms with Gasteiger partial charge in [-0.2, -0.15) is 0 Å². The van der Waals surface area contributed by atoms with E-state index in [9.17, 15) is 4.79 Å². The van der Waals surface area contributed by atoms with Crippen LogP contribution in [-0.4, -0.2) is 24.0 Å². The molecule has 0 bridgehead atoms. The van der Waals surface area contributed by atoms with Gasteiger partial charge in [0.25, 0.3) is 5.91 Å². The number of rotatable bonds is 6. The van der Waals surface area contributed by atoms with Gasteiger partial charge in [0.15, 0.2) is 0 Å². The van der Waals surface area contributed by atoms with Gasteiger partial charge in [-0.1, -0.05) is 30.7 Å². The molecule has 100 valence electrons. The molecule has 4 heteroatoms. The zero-order valence-electron chi connectivity index (χ0n) is 10.9. The Morgan fingerprint density at radius 2 is 1.95 bits per heavy atom. The molecule has 2 aromatic rings. The summed E-state index contributed by atoms with van der Waals surface area (Å²) < 4.78 is 0. The quantitative estimate of drug-likeness (QED) is 0.779. The Bertz CT molecular complexity index is 554. The third-order valence-corrected chi connectivity index (χ3v) is 3.00. The summed E-state index contributed by atoms with van der Waals surface area (Å²) >= 11 is 0. The number of hydrogen-bond donors (Lipinski definition) is 2. The van der Waals surface area contributed by atoms with Crippen molar-refractivity contribution in [1.82, 2.24) is 10.3 Å². The second-order valence-electron chi connectivity index (χ2n) is 4.49. The van der Waals surface area contributed by atoms with Crippen LogP contribution in [0.5, 0.6) is 0 Å². The number of pyridine rings is 1. The highest BCUT2D eigenvalue weighted by Crippen LogP contribution is 2.11. The van der Waals surface area contributed by atoms with E-state index in [1.807, 2.05) is 30.3 Å². The van der Waals surface area contributed by atoms with Crippen LogP contribution in [0.2, 0.25) is 0 Å². The number of amides is 1. The lowest BCUT2D eigenvalue weighted by atomic mass is 10.2. The zero-order valence-corrected chi connectivity index (χ0v) is 10.9. The van der Waals surface area contributed by atoms with Crippen LogP contribution < -0.4 is 11.1 Å². The molecular weight excluding hydrogens is 238 g/mol. The molecule has 3 N–H and O–H groups in total. The van der Waals surface area contributed by atoms with Crippen molar-refractivity contribution in [2.75, 3.05) is 13.1 Å². The van der Waals surface area contributed by atoms with Gasteiger partial charge in [0.05, 0.1) is 5.52 Å². The molecule has 19 heavy (non-hydrogen) atoms. The number of nitrogens with zero attached hydrogens (tertiary/aromatic N) is 1. The molecule has 0 aliphatic rings. The third-order valence-electron chi connectivity index (χ3n) is 3.00. The van der Waals surface area contributed by atoms with Crippen molar-refractivity contribution >= 4 is 16.8 Å². The van der Waals surface area contributed by atoms with Crippen molar-refractivity contribution in [3.63, 3.8) is 0 Å². The van der Waals surface area contributed by atoms with Crippen LogP contribution in [0.3, 0.4) is 0 Å². The van der Waals surface area contributed by atoms with Crippen LogP contribution in [0.4, 0.5) is 0 Å². The predicted molar refractivity (Wildman–Crippen MR) is 77.0 cm³/mol. The summed E-state index contributed by atoms with van der Waals surface area (Å²) in [6, 6.07) is 11.5. The van der Waals surface area contributed by atoms with Crippen LogP contribution >= 0.6 is 0 Å². The Morgan fingerprint density at radius 3 is 2.79 bits per heavy atom. The average molecular weight is 257 g/mol. The van der Waals surface area contributed by atoms with Crippen molar-refractivity contribution < 1.29 is 4.79 Å². The van der Waals surface area contributed by atoms with E-state index in [1.54, 1.807) is 6.07 Å². The fourth-order valence-electron chi connectivity index (χ4n) is 1.93. The summed E-state index contributed by atoms with van der Waals surface area (Å²) in [5, 5.41) is 3.92. The van der Waals surface area contributed by atoms with Crippen LogP contribution in [0.1, 0.15) is 29.8 Å². The minimum Gasteiger partial charge on any atom is -0.351 e. The second-order valence-corrected chi connectivity index (χ2v) is 4.49.